The van der Waals surface area contributed by atoms with E-state index in [1.807, 2.05) is 38.1 Å². The molecule has 0 saturated carbocycles. The maximum absolute atomic E-state index is 12.3. The molecule has 0 spiro atoms. The summed E-state index contributed by atoms with van der Waals surface area (Å²) in [5, 5.41) is 0. The van der Waals surface area contributed by atoms with Crippen molar-refractivity contribution in [1.82, 2.24) is 0 Å². The van der Waals surface area contributed by atoms with E-state index in [-0.39, 0.29) is 29.5 Å². The Hall–Kier alpha value is -1.64. The highest BCUT2D eigenvalue weighted by Gasteiger charge is 2.42. The predicted octanol–water partition coefficient (Wildman–Crippen LogP) is 2.34. The van der Waals surface area contributed by atoms with Gasteiger partial charge in [-0.15, -0.1) is 0 Å². The predicted molar refractivity (Wildman–Crippen MR) is 68.2 cm³/mol. The van der Waals surface area contributed by atoms with E-state index >= 15 is 0 Å². The SMILES string of the molecule is COC(=O)C1Cc2ccccc2C1C(=O)C(C)C. The standard InChI is InChI=1S/C15H18O3/c1-9(2)14(16)13-11-7-5-4-6-10(11)8-12(13)15(17)18-3/h4-7,9,12-13H,8H2,1-3H3. The minimum Gasteiger partial charge on any atom is -0.469 e. The summed E-state index contributed by atoms with van der Waals surface area (Å²) in [6.45, 7) is 3.75. The quantitative estimate of drug-likeness (QED) is 0.769. The van der Waals surface area contributed by atoms with Crippen LogP contribution < -0.4 is 0 Å². The fourth-order valence-electron chi connectivity index (χ4n) is 2.68. The van der Waals surface area contributed by atoms with Crippen molar-refractivity contribution >= 4 is 11.8 Å². The molecule has 0 heterocycles. The first-order valence-corrected chi connectivity index (χ1v) is 6.25. The van der Waals surface area contributed by atoms with Gasteiger partial charge in [-0.1, -0.05) is 38.1 Å². The summed E-state index contributed by atoms with van der Waals surface area (Å²) in [6.07, 6.45) is 0.603. The molecule has 1 aliphatic carbocycles. The number of hydrogen-bond acceptors (Lipinski definition) is 3. The number of hydrogen-bond donors (Lipinski definition) is 0. The molecule has 1 aliphatic rings. The molecule has 96 valence electrons. The average molecular weight is 246 g/mol. The second-order valence-corrected chi connectivity index (χ2v) is 5.07. The molecular formula is C15H18O3. The molecule has 0 fully saturated rings. The lowest BCUT2D eigenvalue weighted by Crippen LogP contribution is -2.28. The number of ether oxygens (including phenoxy) is 1. The van der Waals surface area contributed by atoms with Gasteiger partial charge < -0.3 is 4.74 Å². The summed E-state index contributed by atoms with van der Waals surface area (Å²) < 4.78 is 4.83. The molecule has 0 bridgehead atoms. The summed E-state index contributed by atoms with van der Waals surface area (Å²) in [6, 6.07) is 7.79. The number of ketones is 1. The van der Waals surface area contributed by atoms with E-state index in [4.69, 9.17) is 4.74 Å². The van der Waals surface area contributed by atoms with Crippen molar-refractivity contribution < 1.29 is 14.3 Å². The molecule has 0 aromatic heterocycles. The molecule has 2 unspecified atom stereocenters. The molecule has 18 heavy (non-hydrogen) atoms. The summed E-state index contributed by atoms with van der Waals surface area (Å²) in [5.74, 6) is -0.940. The Balaban J connectivity index is 2.42. The van der Waals surface area contributed by atoms with Crippen molar-refractivity contribution in [1.29, 1.82) is 0 Å². The Morgan fingerprint density at radius 1 is 1.28 bits per heavy atom. The number of Topliss-reactive ketones (excluding diaryl/α,β-unsaturated/α-hetero) is 1. The van der Waals surface area contributed by atoms with Crippen molar-refractivity contribution in [2.45, 2.75) is 26.2 Å². The topological polar surface area (TPSA) is 43.4 Å². The van der Waals surface area contributed by atoms with Crippen molar-refractivity contribution in [3.63, 3.8) is 0 Å². The van der Waals surface area contributed by atoms with Crippen LogP contribution >= 0.6 is 0 Å². The Morgan fingerprint density at radius 3 is 2.56 bits per heavy atom. The lowest BCUT2D eigenvalue weighted by atomic mass is 9.84. The van der Waals surface area contributed by atoms with E-state index < -0.39 is 0 Å². The highest BCUT2D eigenvalue weighted by molar-refractivity contribution is 5.94. The van der Waals surface area contributed by atoms with Crippen LogP contribution in [0.5, 0.6) is 0 Å². The first-order chi connectivity index (χ1) is 8.56. The third-order valence-corrected chi connectivity index (χ3v) is 3.61. The minimum absolute atomic E-state index is 0.0756. The summed E-state index contributed by atoms with van der Waals surface area (Å²) >= 11 is 0. The Morgan fingerprint density at radius 2 is 1.94 bits per heavy atom. The van der Waals surface area contributed by atoms with Crippen LogP contribution in [0.15, 0.2) is 24.3 Å². The first kappa shape index (κ1) is 12.8. The fraction of sp³-hybridized carbons (Fsp3) is 0.467. The van der Waals surface area contributed by atoms with Crippen LogP contribution in [0.4, 0.5) is 0 Å². The minimum atomic E-state index is -0.359. The van der Waals surface area contributed by atoms with Gasteiger partial charge >= 0.3 is 5.97 Å². The molecule has 0 aliphatic heterocycles. The van der Waals surface area contributed by atoms with Crippen LogP contribution in [0.2, 0.25) is 0 Å². The second-order valence-electron chi connectivity index (χ2n) is 5.07. The van der Waals surface area contributed by atoms with Crippen LogP contribution in [-0.4, -0.2) is 18.9 Å². The zero-order valence-corrected chi connectivity index (χ0v) is 11.0. The van der Waals surface area contributed by atoms with Gasteiger partial charge in [0.05, 0.1) is 18.9 Å². The van der Waals surface area contributed by atoms with E-state index in [1.54, 1.807) is 0 Å². The van der Waals surface area contributed by atoms with Crippen molar-refractivity contribution in [3.05, 3.63) is 35.4 Å². The van der Waals surface area contributed by atoms with Crippen LogP contribution in [0.25, 0.3) is 0 Å². The van der Waals surface area contributed by atoms with Crippen molar-refractivity contribution in [2.75, 3.05) is 7.11 Å². The molecule has 0 radical (unpaired) electrons. The monoisotopic (exact) mass is 246 g/mol. The number of carbonyl (C=O) groups is 2. The van der Waals surface area contributed by atoms with Gasteiger partial charge in [0.15, 0.2) is 0 Å². The highest BCUT2D eigenvalue weighted by atomic mass is 16.5. The number of rotatable bonds is 3. The van der Waals surface area contributed by atoms with E-state index in [9.17, 15) is 9.59 Å². The molecule has 0 N–H and O–H groups in total. The largest absolute Gasteiger partial charge is 0.469 e. The molecule has 1 aromatic rings. The van der Waals surface area contributed by atoms with Gasteiger partial charge in [-0.3, -0.25) is 9.59 Å². The number of methoxy groups -OCH3 is 1. The number of fused-ring (bicyclic) bond motifs is 1. The molecule has 0 saturated heterocycles. The van der Waals surface area contributed by atoms with Crippen LogP contribution in [0.3, 0.4) is 0 Å². The number of esters is 1. The van der Waals surface area contributed by atoms with E-state index in [2.05, 4.69) is 0 Å². The van der Waals surface area contributed by atoms with Crippen LogP contribution in [-0.2, 0) is 20.7 Å². The number of carbonyl (C=O) groups excluding carboxylic acids is 2. The maximum atomic E-state index is 12.3. The lowest BCUT2D eigenvalue weighted by Gasteiger charge is -2.19. The van der Waals surface area contributed by atoms with Gasteiger partial charge in [0.25, 0.3) is 0 Å². The summed E-state index contributed by atoms with van der Waals surface area (Å²) in [5.41, 5.74) is 2.08. The molecule has 2 rings (SSSR count). The third kappa shape index (κ3) is 2.05. The van der Waals surface area contributed by atoms with Gasteiger partial charge in [-0.2, -0.15) is 0 Å². The molecule has 3 heteroatoms. The summed E-state index contributed by atoms with van der Waals surface area (Å²) in [7, 11) is 1.38. The highest BCUT2D eigenvalue weighted by Crippen LogP contribution is 2.40. The Kier molecular flexibility index (Phi) is 3.50. The normalized spacial score (nSPS) is 21.8. The van der Waals surface area contributed by atoms with Gasteiger partial charge in [0.2, 0.25) is 0 Å². The number of benzene rings is 1. The fourth-order valence-corrected chi connectivity index (χ4v) is 2.68. The van der Waals surface area contributed by atoms with Gasteiger partial charge in [0, 0.05) is 5.92 Å². The van der Waals surface area contributed by atoms with Gasteiger partial charge in [-0.25, -0.2) is 0 Å². The van der Waals surface area contributed by atoms with Crippen molar-refractivity contribution in [3.8, 4) is 0 Å². The molecular weight excluding hydrogens is 228 g/mol. The molecule has 0 amide bonds. The first-order valence-electron chi connectivity index (χ1n) is 6.25. The second kappa shape index (κ2) is 4.92. The van der Waals surface area contributed by atoms with E-state index in [0.29, 0.717) is 6.42 Å². The third-order valence-electron chi connectivity index (χ3n) is 3.61. The Bertz CT molecular complexity index is 476. The van der Waals surface area contributed by atoms with Gasteiger partial charge in [-0.05, 0) is 17.5 Å². The lowest BCUT2D eigenvalue weighted by molar-refractivity contribution is -0.148. The zero-order chi connectivity index (χ0) is 13.3. The zero-order valence-electron chi connectivity index (χ0n) is 11.0. The smallest absolute Gasteiger partial charge is 0.310 e. The molecule has 2 atom stereocenters. The van der Waals surface area contributed by atoms with E-state index in [0.717, 1.165) is 11.1 Å². The molecule has 1 aromatic carbocycles. The van der Waals surface area contributed by atoms with Crippen LogP contribution in [0, 0.1) is 11.8 Å². The van der Waals surface area contributed by atoms with E-state index in [1.165, 1.54) is 7.11 Å². The average Bonchev–Trinajstić information content (AvgIpc) is 2.75. The van der Waals surface area contributed by atoms with Crippen molar-refractivity contribution in [2.24, 2.45) is 11.8 Å². The summed E-state index contributed by atoms with van der Waals surface area (Å²) in [4.78, 5) is 24.2. The van der Waals surface area contributed by atoms with Gasteiger partial charge in [0.1, 0.15) is 5.78 Å². The maximum Gasteiger partial charge on any atom is 0.310 e. The molecule has 3 nitrogen and oxygen atoms in total. The Labute approximate surface area is 107 Å². The van der Waals surface area contributed by atoms with Crippen LogP contribution in [0.1, 0.15) is 30.9 Å².